The first kappa shape index (κ1) is 79.1. The molecule has 0 fully saturated rings. The summed E-state index contributed by atoms with van der Waals surface area (Å²) >= 11 is 3.45. The summed E-state index contributed by atoms with van der Waals surface area (Å²) < 4.78 is 96.4. The summed E-state index contributed by atoms with van der Waals surface area (Å²) in [6.45, 7) is 10.1. The molecule has 0 saturated heterocycles. The third-order valence-electron chi connectivity index (χ3n) is 18.2. The van der Waals surface area contributed by atoms with E-state index >= 15 is 0 Å². The summed E-state index contributed by atoms with van der Waals surface area (Å²) in [5, 5.41) is 21.4. The SMILES string of the molecule is CCN1CN2CCCc3c(Br)c(=O)c(OCc4ccccc4)c(n32)C1=O.CCN1CN2CCCc3c(C(=O)NCc4ccc(F)cc4F)c(=O)c(O)c(n32)C1=O.CCN1CN2CCCc3c(C(=O)NCc4ccc(F)cc4F)c(=O)c(OCc4ccccc4)c(n32)C1=O.NCc1ccc(F)cc1F.[Cl-].[Li+]. The Balaban J connectivity index is 0.000000171. The van der Waals surface area contributed by atoms with Gasteiger partial charge < -0.3 is 58.1 Å². The van der Waals surface area contributed by atoms with E-state index in [-0.39, 0.29) is 133 Å². The Bertz CT molecular complexity index is 4810. The minimum atomic E-state index is -0.943. The fraction of sp³-hybridized carbons (Fsp3) is 0.315. The Morgan fingerprint density at radius 3 is 1.24 bits per heavy atom. The quantitative estimate of drug-likeness (QED) is 0.0797. The van der Waals surface area contributed by atoms with Crippen molar-refractivity contribution < 1.29 is 96.2 Å². The third kappa shape index (κ3) is 16.6. The number of pyridine rings is 3. The second-order valence-corrected chi connectivity index (χ2v) is 25.4. The van der Waals surface area contributed by atoms with Gasteiger partial charge in [-0.25, -0.2) is 31.0 Å². The minimum absolute atomic E-state index is 0. The van der Waals surface area contributed by atoms with E-state index in [0.29, 0.717) is 105 Å². The van der Waals surface area contributed by atoms with Crippen molar-refractivity contribution >= 4 is 45.5 Å². The van der Waals surface area contributed by atoms with Crippen molar-refractivity contribution in [3.05, 3.63) is 258 Å². The molecule has 0 bridgehead atoms. The summed E-state index contributed by atoms with van der Waals surface area (Å²) in [4.78, 5) is 110. The van der Waals surface area contributed by atoms with Crippen LogP contribution in [0.2, 0.25) is 0 Å². The maximum Gasteiger partial charge on any atom is 1.00 e. The van der Waals surface area contributed by atoms with Crippen LogP contribution in [0.1, 0.15) is 137 Å². The Morgan fingerprint density at radius 2 is 0.848 bits per heavy atom. The molecule has 6 aliphatic heterocycles. The van der Waals surface area contributed by atoms with Crippen LogP contribution in [0.4, 0.5) is 26.3 Å². The van der Waals surface area contributed by atoms with E-state index in [0.717, 1.165) is 60.5 Å². The number of nitrogens with two attached hydrogens (primary N) is 1. The molecule has 23 nitrogen and oxygen atoms in total. The van der Waals surface area contributed by atoms with Crippen LogP contribution in [0.5, 0.6) is 17.2 Å². The molecular formula is C73H73BrClF6LiN12O11. The molecule has 0 spiro atoms. The number of hydrogen-bond donors (Lipinski definition) is 4. The molecule has 5 aromatic carbocycles. The second kappa shape index (κ2) is 34.7. The van der Waals surface area contributed by atoms with Gasteiger partial charge in [0, 0.05) is 93.8 Å². The van der Waals surface area contributed by atoms with Gasteiger partial charge in [-0.15, -0.1) is 0 Å². The van der Waals surface area contributed by atoms with E-state index < -0.39 is 69.2 Å². The zero-order valence-corrected chi connectivity index (χ0v) is 60.1. The summed E-state index contributed by atoms with van der Waals surface area (Å²) in [7, 11) is 0. The first-order valence-corrected chi connectivity index (χ1v) is 34.2. The number of aromatic nitrogens is 3. The fourth-order valence-corrected chi connectivity index (χ4v) is 13.5. The monoisotopic (exact) mass is 1530 g/mol. The molecule has 548 valence electrons. The molecule has 0 atom stereocenters. The molecule has 105 heavy (non-hydrogen) atoms. The van der Waals surface area contributed by atoms with E-state index in [2.05, 4.69) is 31.6 Å². The van der Waals surface area contributed by atoms with Crippen LogP contribution in [-0.2, 0) is 52.1 Å². The number of nitrogens with one attached hydrogen (secondary N) is 2. The van der Waals surface area contributed by atoms with Crippen LogP contribution < -0.4 is 88.4 Å². The molecule has 5 N–H and O–H groups in total. The smallest absolute Gasteiger partial charge is 1.00 e. The van der Waals surface area contributed by atoms with Crippen LogP contribution in [0.25, 0.3) is 0 Å². The second-order valence-electron chi connectivity index (χ2n) is 24.6. The van der Waals surface area contributed by atoms with Crippen molar-refractivity contribution in [3.8, 4) is 17.2 Å². The molecule has 5 amide bonds. The first-order chi connectivity index (χ1) is 49.6. The molecule has 9 heterocycles. The van der Waals surface area contributed by atoms with Crippen molar-refractivity contribution in [1.29, 1.82) is 0 Å². The fourth-order valence-electron chi connectivity index (χ4n) is 12.9. The standard InChI is InChI=1S/C27H26F2N4O4.C20H20F2N4O4.C19H20BrN3O3.C7H7F2N.ClH.Li/c1-2-31-16-32-12-6-9-21-22(26(35)30-14-18-10-11-19(28)13-20(18)29)24(34)25(23(27(31)36)33(21)32)37-15-17-7-4-3-5-8-17;1-2-24-10-25-7-3-4-14-15(17(27)18(28)16(20(24)30)26(14)25)19(29)23-9-11-5-6-12(21)8-13(11)22;1-2-21-12-22-10-6-9-14-15(20)17(24)18(16(19(21)25)23(14)22)26-11-13-7-4-3-5-8-13;8-6-2-1-5(4-10)7(9)3-6;;/h3-5,7-8,10-11,13H,2,6,9,12,14-16H2,1H3,(H,30,35);5-6,8,28H,2-4,7,9-10H2,1H3,(H,23,29);3-5,7-8H,2,6,9-12H2,1H3;1-3H,4,10H2;1H;/q;;;;;+1/p-1. The molecule has 0 unspecified atom stereocenters. The maximum atomic E-state index is 14.1. The van der Waals surface area contributed by atoms with Crippen molar-refractivity contribution in [1.82, 2.24) is 39.4 Å². The number of hydrogen-bond acceptors (Lipinski definition) is 15. The Hall–Kier alpha value is -9.99. The van der Waals surface area contributed by atoms with Gasteiger partial charge in [0.15, 0.2) is 34.3 Å². The number of carbonyl (C=O) groups is 5. The Kier molecular flexibility index (Phi) is 26.2. The van der Waals surface area contributed by atoms with E-state index in [1.807, 2.05) is 84.2 Å². The van der Waals surface area contributed by atoms with Gasteiger partial charge in [0.2, 0.25) is 16.3 Å². The predicted molar refractivity (Wildman–Crippen MR) is 371 cm³/mol. The van der Waals surface area contributed by atoms with Crippen molar-refractivity contribution in [2.24, 2.45) is 5.73 Å². The van der Waals surface area contributed by atoms with Crippen LogP contribution in [0.15, 0.2) is 134 Å². The Morgan fingerprint density at radius 1 is 0.495 bits per heavy atom. The number of halogens is 8. The number of nitrogens with zero attached hydrogens (tertiary/aromatic N) is 9. The van der Waals surface area contributed by atoms with Crippen molar-refractivity contribution in [2.75, 3.05) is 74.3 Å². The van der Waals surface area contributed by atoms with Gasteiger partial charge in [0.25, 0.3) is 29.5 Å². The van der Waals surface area contributed by atoms with Gasteiger partial charge in [0.1, 0.15) is 79.3 Å². The molecule has 0 saturated carbocycles. The molecule has 0 radical (unpaired) electrons. The van der Waals surface area contributed by atoms with Crippen LogP contribution in [0, 0.1) is 34.9 Å². The van der Waals surface area contributed by atoms with Gasteiger partial charge in [-0.2, -0.15) is 0 Å². The van der Waals surface area contributed by atoms with Gasteiger partial charge in [0.05, 0.1) is 21.6 Å². The summed E-state index contributed by atoms with van der Waals surface area (Å²) in [6, 6.07) is 28.2. The number of aromatic hydroxyl groups is 1. The number of ether oxygens (including phenoxy) is 2. The normalized spacial score (nSPS) is 14.3. The van der Waals surface area contributed by atoms with Crippen LogP contribution >= 0.6 is 15.9 Å². The number of benzene rings is 5. The predicted octanol–water partition coefficient (Wildman–Crippen LogP) is 1.97. The van der Waals surface area contributed by atoms with Gasteiger partial charge >= 0.3 is 18.9 Å². The molecule has 8 aromatic rings. The van der Waals surface area contributed by atoms with Gasteiger partial charge in [-0.1, -0.05) is 78.9 Å². The topological polar surface area (TPSA) is 260 Å². The molecule has 6 aliphatic rings. The number of carbonyl (C=O) groups excluding carboxylic acids is 5. The minimum Gasteiger partial charge on any atom is -1.00 e. The van der Waals surface area contributed by atoms with E-state index in [1.54, 1.807) is 26.4 Å². The third-order valence-corrected chi connectivity index (χ3v) is 19.0. The number of amides is 5. The van der Waals surface area contributed by atoms with E-state index in [4.69, 9.17) is 15.2 Å². The van der Waals surface area contributed by atoms with E-state index in [1.165, 1.54) is 33.8 Å². The summed E-state index contributed by atoms with van der Waals surface area (Å²) in [5.41, 5.74) is 6.94. The maximum absolute atomic E-state index is 14.1. The summed E-state index contributed by atoms with van der Waals surface area (Å²) in [5.74, 6) is -7.58. The van der Waals surface area contributed by atoms with Crippen LogP contribution in [0.3, 0.4) is 0 Å². The molecule has 0 aliphatic carbocycles. The first-order valence-electron chi connectivity index (χ1n) is 33.4. The zero-order valence-electron chi connectivity index (χ0n) is 57.8. The number of rotatable bonds is 16. The van der Waals surface area contributed by atoms with Gasteiger partial charge in [-0.05, 0) is 105 Å². The average molecular weight is 1530 g/mol. The van der Waals surface area contributed by atoms with Crippen molar-refractivity contribution in [3.63, 3.8) is 0 Å². The molecule has 14 rings (SSSR count). The van der Waals surface area contributed by atoms with Gasteiger partial charge in [-0.3, -0.25) is 62.7 Å². The Labute approximate surface area is 625 Å². The van der Waals surface area contributed by atoms with Crippen molar-refractivity contribution in [2.45, 2.75) is 92.1 Å². The zero-order chi connectivity index (χ0) is 73.5. The van der Waals surface area contributed by atoms with E-state index in [9.17, 15) is 69.8 Å². The largest absolute Gasteiger partial charge is 1.00 e. The average Bonchev–Trinajstić information content (AvgIpc) is 0.742. The molecule has 32 heteroatoms. The molecule has 3 aromatic heterocycles. The molecular weight excluding hydrogens is 1460 g/mol. The van der Waals surface area contributed by atoms with Crippen LogP contribution in [-0.4, -0.2) is 123 Å². The summed E-state index contributed by atoms with van der Waals surface area (Å²) in [6.07, 6.45) is 3.83.